The number of carbonyl (C=O) groups is 1. The Morgan fingerprint density at radius 2 is 1.78 bits per heavy atom. The molecule has 0 saturated carbocycles. The summed E-state index contributed by atoms with van der Waals surface area (Å²) in [4.78, 5) is 15.4. The van der Waals surface area contributed by atoms with E-state index in [4.69, 9.17) is 0 Å². The molecule has 0 unspecified atom stereocenters. The first-order valence-electron chi connectivity index (χ1n) is 10.5. The molecule has 1 aromatic heterocycles. The van der Waals surface area contributed by atoms with Crippen molar-refractivity contribution in [1.82, 2.24) is 14.8 Å². The van der Waals surface area contributed by atoms with Gasteiger partial charge in [-0.25, -0.2) is 9.48 Å². The van der Waals surface area contributed by atoms with Crippen LogP contribution in [-0.2, 0) is 18.9 Å². The Morgan fingerprint density at radius 1 is 1.09 bits per heavy atom. The lowest BCUT2D eigenvalue weighted by atomic mass is 9.99. The molecule has 0 atom stereocenters. The predicted octanol–water partition coefficient (Wildman–Crippen LogP) is 5.27. The minimum atomic E-state index is -3.09. The maximum Gasteiger partial charge on any atom is 0.335 e. The number of halogens is 2. The zero-order valence-corrected chi connectivity index (χ0v) is 18.1. The van der Waals surface area contributed by atoms with E-state index < -0.39 is 17.7 Å². The standard InChI is InChI=1S/C25H25F2N3O2/c1-3-5-10-22-28-24(25(26,27)15-4-2)29-30(22)17-19-13-11-18(12-14-19)16-20-8-6-7-9-21(20)23(31)32/h6-9,11-14H,3-4,15-17H2,1-2H3,(H,31,32). The maximum atomic E-state index is 14.3. The second-order valence-electron chi connectivity index (χ2n) is 7.48. The number of aromatic nitrogens is 3. The topological polar surface area (TPSA) is 68.0 Å². The van der Waals surface area contributed by atoms with Gasteiger partial charge in [0.15, 0.2) is 0 Å². The summed E-state index contributed by atoms with van der Waals surface area (Å²) in [6, 6.07) is 14.4. The first-order valence-corrected chi connectivity index (χ1v) is 10.5. The second kappa shape index (κ2) is 10.2. The zero-order chi connectivity index (χ0) is 23.1. The summed E-state index contributed by atoms with van der Waals surface area (Å²) < 4.78 is 30.1. The SMILES string of the molecule is CCC#Cc1nc(C(F)(F)CCC)nn1Cc1ccc(Cc2ccccc2C(=O)O)cc1. The van der Waals surface area contributed by atoms with Crippen LogP contribution in [0, 0.1) is 11.8 Å². The lowest BCUT2D eigenvalue weighted by molar-refractivity contribution is -0.0232. The number of hydrogen-bond donors (Lipinski definition) is 1. The van der Waals surface area contributed by atoms with Crippen LogP contribution in [0.5, 0.6) is 0 Å². The molecule has 1 heterocycles. The Hall–Kier alpha value is -3.53. The van der Waals surface area contributed by atoms with Crippen molar-refractivity contribution >= 4 is 5.97 Å². The normalized spacial score (nSPS) is 11.1. The summed E-state index contributed by atoms with van der Waals surface area (Å²) in [7, 11) is 0. The molecule has 0 bridgehead atoms. The summed E-state index contributed by atoms with van der Waals surface area (Å²) in [5, 5.41) is 13.4. The number of carboxylic acid groups (broad SMARTS) is 1. The fourth-order valence-electron chi connectivity index (χ4n) is 3.33. The highest BCUT2D eigenvalue weighted by molar-refractivity contribution is 5.89. The highest BCUT2D eigenvalue weighted by atomic mass is 19.3. The Kier molecular flexibility index (Phi) is 7.37. The Bertz CT molecular complexity index is 1140. The fourth-order valence-corrected chi connectivity index (χ4v) is 3.33. The fraction of sp³-hybridized carbons (Fsp3) is 0.320. The molecule has 0 fully saturated rings. The van der Waals surface area contributed by atoms with Gasteiger partial charge in [0.2, 0.25) is 11.6 Å². The highest BCUT2D eigenvalue weighted by Crippen LogP contribution is 2.30. The quantitative estimate of drug-likeness (QED) is 0.488. The van der Waals surface area contributed by atoms with Crippen LogP contribution >= 0.6 is 0 Å². The molecule has 0 radical (unpaired) electrons. The Morgan fingerprint density at radius 3 is 2.44 bits per heavy atom. The molecular weight excluding hydrogens is 412 g/mol. The number of benzene rings is 2. The van der Waals surface area contributed by atoms with Crippen molar-refractivity contribution in [2.24, 2.45) is 0 Å². The zero-order valence-electron chi connectivity index (χ0n) is 18.1. The van der Waals surface area contributed by atoms with Crippen LogP contribution in [0.15, 0.2) is 48.5 Å². The van der Waals surface area contributed by atoms with Gasteiger partial charge in [-0.2, -0.15) is 13.8 Å². The number of alkyl halides is 2. The summed E-state index contributed by atoms with van der Waals surface area (Å²) in [6.45, 7) is 3.83. The molecule has 0 aliphatic heterocycles. The molecule has 3 aromatic rings. The van der Waals surface area contributed by atoms with E-state index in [0.29, 0.717) is 19.3 Å². The number of aromatic carboxylic acids is 1. The average Bonchev–Trinajstić information content (AvgIpc) is 3.17. The molecule has 0 spiro atoms. The summed E-state index contributed by atoms with van der Waals surface area (Å²) >= 11 is 0. The molecule has 5 nitrogen and oxygen atoms in total. The van der Waals surface area contributed by atoms with Gasteiger partial charge in [-0.1, -0.05) is 62.2 Å². The van der Waals surface area contributed by atoms with Crippen molar-refractivity contribution < 1.29 is 18.7 Å². The number of hydrogen-bond acceptors (Lipinski definition) is 3. The van der Waals surface area contributed by atoms with Crippen LogP contribution in [-0.4, -0.2) is 25.8 Å². The van der Waals surface area contributed by atoms with Crippen molar-refractivity contribution in [3.05, 3.63) is 82.4 Å². The van der Waals surface area contributed by atoms with Crippen molar-refractivity contribution in [2.45, 2.75) is 52.0 Å². The number of nitrogens with zero attached hydrogens (tertiary/aromatic N) is 3. The van der Waals surface area contributed by atoms with Crippen molar-refractivity contribution in [1.29, 1.82) is 0 Å². The van der Waals surface area contributed by atoms with E-state index in [1.54, 1.807) is 25.1 Å². The van der Waals surface area contributed by atoms with Crippen LogP contribution in [0.2, 0.25) is 0 Å². The summed E-state index contributed by atoms with van der Waals surface area (Å²) in [5.41, 5.74) is 2.81. The van der Waals surface area contributed by atoms with Gasteiger partial charge in [0.05, 0.1) is 12.1 Å². The van der Waals surface area contributed by atoms with Gasteiger partial charge in [0, 0.05) is 12.8 Å². The molecule has 0 aliphatic carbocycles. The molecular formula is C25H25F2N3O2. The average molecular weight is 437 g/mol. The van der Waals surface area contributed by atoms with Gasteiger partial charge in [-0.3, -0.25) is 0 Å². The smallest absolute Gasteiger partial charge is 0.335 e. The Balaban J connectivity index is 1.82. The van der Waals surface area contributed by atoms with E-state index in [-0.39, 0.29) is 24.4 Å². The van der Waals surface area contributed by atoms with E-state index in [1.165, 1.54) is 4.68 Å². The van der Waals surface area contributed by atoms with Gasteiger partial charge >= 0.3 is 11.9 Å². The molecule has 166 valence electrons. The minimum absolute atomic E-state index is 0.220. The third-order valence-electron chi connectivity index (χ3n) is 4.94. The van der Waals surface area contributed by atoms with E-state index in [1.807, 2.05) is 37.3 Å². The van der Waals surface area contributed by atoms with E-state index in [2.05, 4.69) is 21.9 Å². The number of carboxylic acids is 1. The monoisotopic (exact) mass is 437 g/mol. The molecule has 0 amide bonds. The van der Waals surface area contributed by atoms with Gasteiger partial charge in [0.25, 0.3) is 0 Å². The van der Waals surface area contributed by atoms with Crippen LogP contribution < -0.4 is 0 Å². The van der Waals surface area contributed by atoms with Gasteiger partial charge in [0.1, 0.15) is 0 Å². The minimum Gasteiger partial charge on any atom is -0.478 e. The second-order valence-corrected chi connectivity index (χ2v) is 7.48. The predicted molar refractivity (Wildman–Crippen MR) is 118 cm³/mol. The van der Waals surface area contributed by atoms with Gasteiger partial charge < -0.3 is 5.11 Å². The molecule has 7 heteroatoms. The van der Waals surface area contributed by atoms with Crippen LogP contribution in [0.3, 0.4) is 0 Å². The Labute approximate surface area is 186 Å². The largest absolute Gasteiger partial charge is 0.478 e. The summed E-state index contributed by atoms with van der Waals surface area (Å²) in [6.07, 6.45) is 1.07. The van der Waals surface area contributed by atoms with Gasteiger partial charge in [-0.05, 0) is 41.5 Å². The molecule has 0 aliphatic rings. The van der Waals surface area contributed by atoms with Crippen molar-refractivity contribution in [3.8, 4) is 11.8 Å². The third-order valence-corrected chi connectivity index (χ3v) is 4.94. The summed E-state index contributed by atoms with van der Waals surface area (Å²) in [5.74, 6) is 1.37. The van der Waals surface area contributed by atoms with Gasteiger partial charge in [-0.15, -0.1) is 5.10 Å². The van der Waals surface area contributed by atoms with E-state index in [9.17, 15) is 18.7 Å². The van der Waals surface area contributed by atoms with Crippen molar-refractivity contribution in [3.63, 3.8) is 0 Å². The van der Waals surface area contributed by atoms with E-state index in [0.717, 1.165) is 16.7 Å². The van der Waals surface area contributed by atoms with Crippen molar-refractivity contribution in [2.75, 3.05) is 0 Å². The molecule has 0 saturated heterocycles. The van der Waals surface area contributed by atoms with Crippen LogP contribution in [0.1, 0.15) is 71.8 Å². The number of rotatable bonds is 8. The highest BCUT2D eigenvalue weighted by Gasteiger charge is 2.36. The lowest BCUT2D eigenvalue weighted by Crippen LogP contribution is -2.15. The van der Waals surface area contributed by atoms with Crippen LogP contribution in [0.25, 0.3) is 0 Å². The molecule has 3 rings (SSSR count). The first kappa shape index (κ1) is 23.1. The van der Waals surface area contributed by atoms with Crippen LogP contribution in [0.4, 0.5) is 8.78 Å². The maximum absolute atomic E-state index is 14.3. The molecule has 32 heavy (non-hydrogen) atoms. The first-order chi connectivity index (χ1) is 15.3. The van der Waals surface area contributed by atoms with E-state index >= 15 is 0 Å². The third kappa shape index (κ3) is 5.58. The lowest BCUT2D eigenvalue weighted by Gasteiger charge is -2.10. The molecule has 1 N–H and O–H groups in total. The molecule has 2 aromatic carbocycles.